The molecule has 0 saturated heterocycles. The molecular weight excluding hydrogens is 206 g/mol. The summed E-state index contributed by atoms with van der Waals surface area (Å²) in [7, 11) is -0.354. The number of nitrogens with one attached hydrogen (secondary N) is 1. The summed E-state index contributed by atoms with van der Waals surface area (Å²) in [6, 6.07) is 0. The lowest BCUT2D eigenvalue weighted by Gasteiger charge is -2.33. The van der Waals surface area contributed by atoms with Gasteiger partial charge in [-0.05, 0) is 13.8 Å². The molecule has 6 heteroatoms. The Labute approximate surface area is 84.6 Å². The second kappa shape index (κ2) is 3.70. The molecule has 0 saturated carbocycles. The molecule has 2 N–H and O–H groups in total. The molecule has 0 bridgehead atoms. The highest BCUT2D eigenvalue weighted by Gasteiger charge is 2.41. The molecule has 80 valence electrons. The van der Waals surface area contributed by atoms with Crippen LogP contribution in [0.3, 0.4) is 0 Å². The van der Waals surface area contributed by atoms with E-state index in [4.69, 9.17) is 0 Å². The largest absolute Gasteiger partial charge is 0.465 e. The molecule has 0 fully saturated rings. The van der Waals surface area contributed by atoms with Gasteiger partial charge in [0.25, 0.3) is 0 Å². The normalized spacial score (nSPS) is 30.1. The Morgan fingerprint density at radius 3 is 2.79 bits per heavy atom. The van der Waals surface area contributed by atoms with E-state index in [0.717, 1.165) is 0 Å². The minimum absolute atomic E-state index is 0.0443. The van der Waals surface area contributed by atoms with Gasteiger partial charge < -0.3 is 15.2 Å². The van der Waals surface area contributed by atoms with Gasteiger partial charge in [-0.25, -0.2) is 4.79 Å². The summed E-state index contributed by atoms with van der Waals surface area (Å²) in [6.45, 7) is 3.22. The van der Waals surface area contributed by atoms with E-state index in [0.29, 0.717) is 0 Å². The third kappa shape index (κ3) is 1.67. The topological polar surface area (TPSA) is 75.6 Å². The smallest absolute Gasteiger partial charge is 0.348 e. The Kier molecular flexibility index (Phi) is 2.96. The van der Waals surface area contributed by atoms with Gasteiger partial charge in [0.1, 0.15) is 11.1 Å². The fourth-order valence-corrected chi connectivity index (χ4v) is 2.28. The van der Waals surface area contributed by atoms with E-state index in [1.165, 1.54) is 13.3 Å². The lowest BCUT2D eigenvalue weighted by Crippen LogP contribution is -2.52. The molecule has 0 radical (unpaired) electrons. The van der Waals surface area contributed by atoms with Gasteiger partial charge in [0.2, 0.25) is 0 Å². The van der Waals surface area contributed by atoms with E-state index in [1.807, 2.05) is 0 Å². The predicted molar refractivity (Wildman–Crippen MR) is 51.5 cm³/mol. The molecule has 0 aromatic carbocycles. The van der Waals surface area contributed by atoms with E-state index in [-0.39, 0.29) is 4.91 Å². The lowest BCUT2D eigenvalue weighted by molar-refractivity contribution is -0.135. The van der Waals surface area contributed by atoms with Gasteiger partial charge in [0.05, 0.1) is 22.7 Å². The number of rotatable bonds is 1. The van der Waals surface area contributed by atoms with Crippen LogP contribution in [-0.2, 0) is 20.3 Å². The molecular formula is C8H13NO4S. The second-order valence-electron chi connectivity index (χ2n) is 3.44. The number of esters is 1. The lowest BCUT2D eigenvalue weighted by atomic mass is 10.2. The summed E-state index contributed by atoms with van der Waals surface area (Å²) in [5.74, 6) is -0.643. The molecule has 1 aliphatic heterocycles. The van der Waals surface area contributed by atoms with E-state index < -0.39 is 27.7 Å². The average molecular weight is 219 g/mol. The summed E-state index contributed by atoms with van der Waals surface area (Å²) < 4.78 is 15.4. The maximum atomic E-state index is 11.8. The predicted octanol–water partition coefficient (Wildman–Crippen LogP) is -0.550. The summed E-state index contributed by atoms with van der Waals surface area (Å²) in [5, 5.41) is 12.0. The van der Waals surface area contributed by atoms with Gasteiger partial charge in [0, 0.05) is 6.20 Å². The highest BCUT2D eigenvalue weighted by molar-refractivity contribution is 7.91. The summed E-state index contributed by atoms with van der Waals surface area (Å²) in [4.78, 5) is 11.2. The van der Waals surface area contributed by atoms with Crippen LogP contribution in [-0.4, -0.2) is 33.4 Å². The van der Waals surface area contributed by atoms with Gasteiger partial charge in [-0.2, -0.15) is 0 Å². The van der Waals surface area contributed by atoms with E-state index in [1.54, 1.807) is 13.8 Å². The van der Waals surface area contributed by atoms with Crippen molar-refractivity contribution in [2.24, 2.45) is 0 Å². The first-order valence-electron chi connectivity index (χ1n) is 4.05. The molecule has 0 spiro atoms. The van der Waals surface area contributed by atoms with Gasteiger partial charge >= 0.3 is 5.97 Å². The number of methoxy groups -OCH3 is 1. The molecule has 0 aromatic rings. The number of ether oxygens (including phenoxy) is 1. The highest BCUT2D eigenvalue weighted by Crippen LogP contribution is 2.26. The zero-order valence-corrected chi connectivity index (χ0v) is 9.05. The molecule has 0 aromatic heterocycles. The van der Waals surface area contributed by atoms with Gasteiger partial charge in [-0.3, -0.25) is 4.21 Å². The number of hydrogen-bond donors (Lipinski definition) is 2. The van der Waals surface area contributed by atoms with Crippen LogP contribution in [0.15, 0.2) is 11.1 Å². The van der Waals surface area contributed by atoms with Crippen molar-refractivity contribution in [1.29, 1.82) is 0 Å². The standard InChI is InChI=1S/C8H13NO4S/c1-8(2)7(11)9-4-5(14(8)12)6(10)13-3/h4,7,9,11H,1-3H3. The van der Waals surface area contributed by atoms with Crippen LogP contribution in [0.4, 0.5) is 0 Å². The van der Waals surface area contributed by atoms with Crippen LogP contribution in [0.5, 0.6) is 0 Å². The van der Waals surface area contributed by atoms with Gasteiger partial charge in [0.15, 0.2) is 0 Å². The Bertz CT molecular complexity index is 310. The molecule has 0 amide bonds. The van der Waals surface area contributed by atoms with Crippen molar-refractivity contribution in [3.05, 3.63) is 11.1 Å². The molecule has 1 heterocycles. The molecule has 1 rings (SSSR count). The van der Waals surface area contributed by atoms with Crippen molar-refractivity contribution >= 4 is 16.8 Å². The SMILES string of the molecule is COC(=O)C1=CNC(O)C(C)(C)S1=O. The van der Waals surface area contributed by atoms with Crippen molar-refractivity contribution in [2.45, 2.75) is 24.8 Å². The van der Waals surface area contributed by atoms with Crippen molar-refractivity contribution < 1.29 is 18.8 Å². The number of aliphatic hydroxyl groups is 1. The molecule has 2 atom stereocenters. The zero-order valence-electron chi connectivity index (χ0n) is 8.23. The summed E-state index contributed by atoms with van der Waals surface area (Å²) in [5.41, 5.74) is 0. The molecule has 0 aliphatic carbocycles. The fourth-order valence-electron chi connectivity index (χ4n) is 1.03. The summed E-state index contributed by atoms with van der Waals surface area (Å²) in [6.07, 6.45) is 0.300. The number of aliphatic hydroxyl groups excluding tert-OH is 1. The molecule has 1 aliphatic rings. The molecule has 14 heavy (non-hydrogen) atoms. The maximum Gasteiger partial charge on any atom is 0.348 e. The number of carbonyl (C=O) groups excluding carboxylic acids is 1. The first-order valence-corrected chi connectivity index (χ1v) is 5.20. The van der Waals surface area contributed by atoms with Crippen LogP contribution >= 0.6 is 0 Å². The van der Waals surface area contributed by atoms with Crippen LogP contribution in [0, 0.1) is 0 Å². The number of carbonyl (C=O) groups is 1. The van der Waals surface area contributed by atoms with Crippen molar-refractivity contribution in [2.75, 3.05) is 7.11 Å². The Hall–Kier alpha value is -0.880. The monoisotopic (exact) mass is 219 g/mol. The van der Waals surface area contributed by atoms with Crippen LogP contribution in [0.2, 0.25) is 0 Å². The van der Waals surface area contributed by atoms with Crippen LogP contribution in [0.25, 0.3) is 0 Å². The highest BCUT2D eigenvalue weighted by atomic mass is 32.2. The van der Waals surface area contributed by atoms with Crippen molar-refractivity contribution in [3.8, 4) is 0 Å². The second-order valence-corrected chi connectivity index (χ2v) is 5.47. The zero-order chi connectivity index (χ0) is 10.9. The first kappa shape index (κ1) is 11.2. The third-order valence-electron chi connectivity index (χ3n) is 2.09. The Balaban J connectivity index is 3.03. The van der Waals surface area contributed by atoms with Gasteiger partial charge in [-0.1, -0.05) is 0 Å². The Morgan fingerprint density at radius 2 is 2.29 bits per heavy atom. The Morgan fingerprint density at radius 1 is 1.71 bits per heavy atom. The van der Waals surface area contributed by atoms with E-state index in [2.05, 4.69) is 10.1 Å². The average Bonchev–Trinajstić information content (AvgIpc) is 2.14. The van der Waals surface area contributed by atoms with E-state index >= 15 is 0 Å². The molecule has 2 unspecified atom stereocenters. The van der Waals surface area contributed by atoms with Crippen LogP contribution < -0.4 is 5.32 Å². The van der Waals surface area contributed by atoms with Gasteiger partial charge in [-0.15, -0.1) is 0 Å². The quantitative estimate of drug-likeness (QED) is 0.579. The number of hydrogen-bond acceptors (Lipinski definition) is 5. The maximum absolute atomic E-state index is 11.8. The minimum atomic E-state index is -1.57. The van der Waals surface area contributed by atoms with Crippen molar-refractivity contribution in [1.82, 2.24) is 5.32 Å². The fraction of sp³-hybridized carbons (Fsp3) is 0.625. The van der Waals surface area contributed by atoms with Crippen LogP contribution in [0.1, 0.15) is 13.8 Å². The van der Waals surface area contributed by atoms with E-state index in [9.17, 15) is 14.1 Å². The first-order chi connectivity index (χ1) is 6.41. The van der Waals surface area contributed by atoms with Crippen molar-refractivity contribution in [3.63, 3.8) is 0 Å². The minimum Gasteiger partial charge on any atom is -0.465 e. The molecule has 5 nitrogen and oxygen atoms in total. The summed E-state index contributed by atoms with van der Waals surface area (Å²) >= 11 is 0. The third-order valence-corrected chi connectivity index (χ3v) is 3.96.